The zero-order valence-corrected chi connectivity index (χ0v) is 15.3. The topological polar surface area (TPSA) is 32.8 Å². The zero-order valence-electron chi connectivity index (χ0n) is 14.5. The van der Waals surface area contributed by atoms with Gasteiger partial charge >= 0.3 is 0 Å². The van der Waals surface area contributed by atoms with Gasteiger partial charge in [-0.3, -0.25) is 0 Å². The van der Waals surface area contributed by atoms with Crippen LogP contribution in [0.2, 0.25) is 0 Å². The summed E-state index contributed by atoms with van der Waals surface area (Å²) in [6.45, 7) is 5.10. The van der Waals surface area contributed by atoms with Crippen LogP contribution in [0.15, 0.2) is 60.9 Å². The first-order chi connectivity index (χ1) is 11.9. The SMILES string of the molecule is CCn1cc(CNCCc2c[nH]c3ccccc23)c2ccccc21.Cl. The van der Waals surface area contributed by atoms with Crippen molar-refractivity contribution < 1.29 is 0 Å². The van der Waals surface area contributed by atoms with Crippen LogP contribution in [0.4, 0.5) is 0 Å². The second-order valence-electron chi connectivity index (χ2n) is 6.24. The van der Waals surface area contributed by atoms with Crippen LogP contribution in [-0.4, -0.2) is 16.1 Å². The van der Waals surface area contributed by atoms with Gasteiger partial charge in [0.2, 0.25) is 0 Å². The molecule has 0 atom stereocenters. The molecule has 0 unspecified atom stereocenters. The van der Waals surface area contributed by atoms with Gasteiger partial charge in [0.1, 0.15) is 0 Å². The molecule has 0 aliphatic rings. The number of benzene rings is 2. The van der Waals surface area contributed by atoms with Crippen LogP contribution in [0.5, 0.6) is 0 Å². The van der Waals surface area contributed by atoms with Crippen molar-refractivity contribution in [1.82, 2.24) is 14.9 Å². The van der Waals surface area contributed by atoms with Crippen molar-refractivity contribution in [3.63, 3.8) is 0 Å². The molecule has 0 aliphatic carbocycles. The van der Waals surface area contributed by atoms with E-state index in [0.717, 1.165) is 26.1 Å². The van der Waals surface area contributed by atoms with E-state index in [9.17, 15) is 0 Å². The Hall–Kier alpha value is -2.23. The number of hydrogen-bond acceptors (Lipinski definition) is 1. The van der Waals surface area contributed by atoms with Crippen molar-refractivity contribution >= 4 is 34.2 Å². The number of aromatic nitrogens is 2. The highest BCUT2D eigenvalue weighted by atomic mass is 35.5. The number of para-hydroxylation sites is 2. The normalized spacial score (nSPS) is 11.1. The van der Waals surface area contributed by atoms with Crippen molar-refractivity contribution in [2.45, 2.75) is 26.4 Å². The summed E-state index contributed by atoms with van der Waals surface area (Å²) in [4.78, 5) is 3.35. The van der Waals surface area contributed by atoms with Crippen molar-refractivity contribution in [1.29, 1.82) is 0 Å². The number of nitrogens with one attached hydrogen (secondary N) is 2. The van der Waals surface area contributed by atoms with Crippen LogP contribution >= 0.6 is 12.4 Å². The predicted molar refractivity (Wildman–Crippen MR) is 109 cm³/mol. The van der Waals surface area contributed by atoms with E-state index in [1.807, 2.05) is 0 Å². The average Bonchev–Trinajstić information content (AvgIpc) is 3.20. The summed E-state index contributed by atoms with van der Waals surface area (Å²) in [6, 6.07) is 17.2. The summed E-state index contributed by atoms with van der Waals surface area (Å²) in [5, 5.41) is 6.30. The zero-order chi connectivity index (χ0) is 16.4. The van der Waals surface area contributed by atoms with Gasteiger partial charge in [-0.15, -0.1) is 12.4 Å². The summed E-state index contributed by atoms with van der Waals surface area (Å²) in [5.41, 5.74) is 5.31. The first kappa shape index (κ1) is 17.6. The van der Waals surface area contributed by atoms with Crippen LogP contribution in [0, 0.1) is 0 Å². The first-order valence-electron chi connectivity index (χ1n) is 8.69. The minimum Gasteiger partial charge on any atom is -0.361 e. The summed E-state index contributed by atoms with van der Waals surface area (Å²) in [6.07, 6.45) is 5.45. The maximum atomic E-state index is 3.61. The minimum atomic E-state index is 0. The van der Waals surface area contributed by atoms with E-state index in [1.54, 1.807) is 0 Å². The number of H-pyrrole nitrogens is 1. The Morgan fingerprint density at radius 2 is 1.72 bits per heavy atom. The monoisotopic (exact) mass is 353 g/mol. The Morgan fingerprint density at radius 1 is 0.960 bits per heavy atom. The Morgan fingerprint density at radius 3 is 2.56 bits per heavy atom. The molecule has 2 heterocycles. The molecular weight excluding hydrogens is 330 g/mol. The molecule has 25 heavy (non-hydrogen) atoms. The molecule has 0 radical (unpaired) electrons. The number of aryl methyl sites for hydroxylation is 1. The van der Waals surface area contributed by atoms with E-state index in [4.69, 9.17) is 0 Å². The molecule has 0 amide bonds. The fourth-order valence-electron chi connectivity index (χ4n) is 3.51. The fraction of sp³-hybridized carbons (Fsp3) is 0.238. The van der Waals surface area contributed by atoms with Gasteiger partial charge in [0.15, 0.2) is 0 Å². The highest BCUT2D eigenvalue weighted by Gasteiger charge is 2.07. The molecule has 2 aromatic carbocycles. The Balaban J connectivity index is 0.00000182. The van der Waals surface area contributed by atoms with Crippen molar-refractivity contribution in [3.8, 4) is 0 Å². The Kier molecular flexibility index (Phi) is 5.47. The van der Waals surface area contributed by atoms with Gasteiger partial charge in [0.05, 0.1) is 0 Å². The van der Waals surface area contributed by atoms with Gasteiger partial charge in [0, 0.05) is 47.3 Å². The molecule has 4 aromatic rings. The van der Waals surface area contributed by atoms with E-state index in [0.29, 0.717) is 0 Å². The molecule has 0 fully saturated rings. The highest BCUT2D eigenvalue weighted by Crippen LogP contribution is 2.21. The van der Waals surface area contributed by atoms with Gasteiger partial charge in [0.25, 0.3) is 0 Å². The van der Waals surface area contributed by atoms with Gasteiger partial charge < -0.3 is 14.9 Å². The number of aromatic amines is 1. The predicted octanol–water partition coefficient (Wildman–Crippen LogP) is 4.90. The standard InChI is InChI=1S/C21H23N3.ClH/c1-2-24-15-17(19-8-4-6-10-21(19)24)13-22-12-11-16-14-23-20-9-5-3-7-18(16)20;/h3-10,14-15,22-23H,2,11-13H2,1H3;1H. The number of fused-ring (bicyclic) bond motifs is 2. The summed E-state index contributed by atoms with van der Waals surface area (Å²) < 4.78 is 2.33. The Bertz CT molecular complexity index is 968. The molecular formula is C21H24ClN3. The molecule has 0 spiro atoms. The quantitative estimate of drug-likeness (QED) is 0.475. The molecule has 130 valence electrons. The number of nitrogens with zero attached hydrogens (tertiary/aromatic N) is 1. The number of hydrogen-bond donors (Lipinski definition) is 2. The fourth-order valence-corrected chi connectivity index (χ4v) is 3.51. The lowest BCUT2D eigenvalue weighted by molar-refractivity contribution is 0.686. The number of rotatable bonds is 6. The van der Waals surface area contributed by atoms with E-state index in [1.165, 1.54) is 32.9 Å². The maximum Gasteiger partial charge on any atom is 0.0483 e. The molecule has 0 bridgehead atoms. The van der Waals surface area contributed by atoms with E-state index in [2.05, 4.69) is 82.7 Å². The lowest BCUT2D eigenvalue weighted by Gasteiger charge is -2.04. The third-order valence-corrected chi connectivity index (χ3v) is 4.77. The lowest BCUT2D eigenvalue weighted by atomic mass is 10.1. The van der Waals surface area contributed by atoms with Gasteiger partial charge in [-0.05, 0) is 43.1 Å². The second-order valence-corrected chi connectivity index (χ2v) is 6.24. The van der Waals surface area contributed by atoms with Crippen LogP contribution < -0.4 is 5.32 Å². The number of halogens is 1. The highest BCUT2D eigenvalue weighted by molar-refractivity contribution is 5.85. The van der Waals surface area contributed by atoms with Gasteiger partial charge in [-0.2, -0.15) is 0 Å². The molecule has 0 saturated carbocycles. The lowest BCUT2D eigenvalue weighted by Crippen LogP contribution is -2.16. The maximum absolute atomic E-state index is 3.61. The third kappa shape index (κ3) is 3.44. The molecule has 0 saturated heterocycles. The summed E-state index contributed by atoms with van der Waals surface area (Å²) in [5.74, 6) is 0. The van der Waals surface area contributed by atoms with Crippen LogP contribution in [-0.2, 0) is 19.5 Å². The van der Waals surface area contributed by atoms with E-state index in [-0.39, 0.29) is 12.4 Å². The van der Waals surface area contributed by atoms with Gasteiger partial charge in [-0.25, -0.2) is 0 Å². The first-order valence-corrected chi connectivity index (χ1v) is 8.69. The average molecular weight is 354 g/mol. The summed E-state index contributed by atoms with van der Waals surface area (Å²) >= 11 is 0. The minimum absolute atomic E-state index is 0. The van der Waals surface area contributed by atoms with Gasteiger partial charge in [-0.1, -0.05) is 36.4 Å². The third-order valence-electron chi connectivity index (χ3n) is 4.77. The van der Waals surface area contributed by atoms with E-state index < -0.39 is 0 Å². The largest absolute Gasteiger partial charge is 0.361 e. The second kappa shape index (κ2) is 7.77. The van der Waals surface area contributed by atoms with Crippen LogP contribution in [0.1, 0.15) is 18.1 Å². The van der Waals surface area contributed by atoms with Crippen LogP contribution in [0.25, 0.3) is 21.8 Å². The molecule has 2 aromatic heterocycles. The van der Waals surface area contributed by atoms with Crippen molar-refractivity contribution in [3.05, 3.63) is 72.1 Å². The van der Waals surface area contributed by atoms with Crippen molar-refractivity contribution in [2.24, 2.45) is 0 Å². The van der Waals surface area contributed by atoms with Crippen LogP contribution in [0.3, 0.4) is 0 Å². The molecule has 4 heteroatoms. The summed E-state index contributed by atoms with van der Waals surface area (Å²) in [7, 11) is 0. The molecule has 3 nitrogen and oxygen atoms in total. The Labute approximate surface area is 154 Å². The smallest absolute Gasteiger partial charge is 0.0483 e. The molecule has 4 rings (SSSR count). The van der Waals surface area contributed by atoms with Crippen molar-refractivity contribution in [2.75, 3.05) is 6.54 Å². The van der Waals surface area contributed by atoms with E-state index >= 15 is 0 Å². The molecule has 2 N–H and O–H groups in total. The molecule has 0 aliphatic heterocycles.